The van der Waals surface area contributed by atoms with Gasteiger partial charge in [0.15, 0.2) is 0 Å². The fraction of sp³-hybridized carbons (Fsp3) is 0.412. The SMILES string of the molecule is Cc1cc(C)n(CC(=O)N(Cc2ccccc2)C(C)C)n1. The third kappa shape index (κ3) is 3.94. The third-order valence-corrected chi connectivity index (χ3v) is 3.53. The molecule has 2 aromatic rings. The number of aryl methyl sites for hydroxylation is 2. The highest BCUT2D eigenvalue weighted by Gasteiger charge is 2.18. The van der Waals surface area contributed by atoms with Crippen molar-refractivity contribution < 1.29 is 4.79 Å². The Balaban J connectivity index is 2.11. The fourth-order valence-corrected chi connectivity index (χ4v) is 2.39. The molecule has 0 radical (unpaired) electrons. The molecular weight excluding hydrogens is 262 g/mol. The van der Waals surface area contributed by atoms with Gasteiger partial charge in [0, 0.05) is 18.3 Å². The summed E-state index contributed by atoms with van der Waals surface area (Å²) in [6.07, 6.45) is 0. The van der Waals surface area contributed by atoms with Crippen molar-refractivity contribution in [3.05, 3.63) is 53.3 Å². The van der Waals surface area contributed by atoms with Gasteiger partial charge in [-0.25, -0.2) is 0 Å². The van der Waals surface area contributed by atoms with E-state index in [1.807, 2.05) is 69.0 Å². The molecule has 112 valence electrons. The van der Waals surface area contributed by atoms with Gasteiger partial charge in [0.1, 0.15) is 6.54 Å². The summed E-state index contributed by atoms with van der Waals surface area (Å²) in [5, 5.41) is 4.37. The Hall–Kier alpha value is -2.10. The van der Waals surface area contributed by atoms with Crippen molar-refractivity contribution in [3.63, 3.8) is 0 Å². The van der Waals surface area contributed by atoms with Gasteiger partial charge in [-0.2, -0.15) is 5.10 Å². The van der Waals surface area contributed by atoms with Crippen molar-refractivity contribution >= 4 is 5.91 Å². The van der Waals surface area contributed by atoms with E-state index in [0.717, 1.165) is 17.0 Å². The second-order valence-electron chi connectivity index (χ2n) is 5.69. The molecule has 4 nitrogen and oxygen atoms in total. The summed E-state index contributed by atoms with van der Waals surface area (Å²) in [6.45, 7) is 8.94. The average Bonchev–Trinajstić information content (AvgIpc) is 2.75. The molecule has 0 aliphatic heterocycles. The van der Waals surface area contributed by atoms with Crippen LogP contribution in [0.25, 0.3) is 0 Å². The van der Waals surface area contributed by atoms with Crippen molar-refractivity contribution in [1.29, 1.82) is 0 Å². The van der Waals surface area contributed by atoms with E-state index in [2.05, 4.69) is 5.10 Å². The molecule has 0 fully saturated rings. The first-order valence-electron chi connectivity index (χ1n) is 7.32. The lowest BCUT2D eigenvalue weighted by Crippen LogP contribution is -2.38. The van der Waals surface area contributed by atoms with Gasteiger partial charge >= 0.3 is 0 Å². The molecule has 1 heterocycles. The van der Waals surface area contributed by atoms with Crippen molar-refractivity contribution in [3.8, 4) is 0 Å². The second kappa shape index (κ2) is 6.57. The molecule has 0 saturated carbocycles. The van der Waals surface area contributed by atoms with E-state index in [9.17, 15) is 4.79 Å². The van der Waals surface area contributed by atoms with Crippen LogP contribution in [0.5, 0.6) is 0 Å². The molecule has 21 heavy (non-hydrogen) atoms. The maximum absolute atomic E-state index is 12.6. The Bertz CT molecular complexity index is 602. The smallest absolute Gasteiger partial charge is 0.244 e. The Kier molecular flexibility index (Phi) is 4.78. The molecule has 0 spiro atoms. The van der Waals surface area contributed by atoms with Gasteiger partial charge in [-0.05, 0) is 39.3 Å². The molecule has 1 aromatic heterocycles. The van der Waals surface area contributed by atoms with Crippen molar-refractivity contribution in [2.75, 3.05) is 0 Å². The third-order valence-electron chi connectivity index (χ3n) is 3.53. The number of hydrogen-bond acceptors (Lipinski definition) is 2. The predicted molar refractivity (Wildman–Crippen MR) is 83.8 cm³/mol. The summed E-state index contributed by atoms with van der Waals surface area (Å²) < 4.78 is 1.78. The van der Waals surface area contributed by atoms with E-state index in [0.29, 0.717) is 13.1 Å². The molecule has 1 aromatic carbocycles. The van der Waals surface area contributed by atoms with Crippen LogP contribution < -0.4 is 0 Å². The molecule has 0 bridgehead atoms. The molecule has 1 amide bonds. The van der Waals surface area contributed by atoms with E-state index in [-0.39, 0.29) is 11.9 Å². The van der Waals surface area contributed by atoms with Gasteiger partial charge < -0.3 is 4.90 Å². The molecule has 0 atom stereocenters. The number of nitrogens with zero attached hydrogens (tertiary/aromatic N) is 3. The van der Waals surface area contributed by atoms with Crippen LogP contribution in [0.1, 0.15) is 30.8 Å². The maximum atomic E-state index is 12.6. The summed E-state index contributed by atoms with van der Waals surface area (Å²) in [7, 11) is 0. The predicted octanol–water partition coefficient (Wildman–Crippen LogP) is 2.94. The second-order valence-corrected chi connectivity index (χ2v) is 5.69. The zero-order valence-electron chi connectivity index (χ0n) is 13.2. The van der Waals surface area contributed by atoms with Gasteiger partial charge in [0.25, 0.3) is 0 Å². The Morgan fingerprint density at radius 2 is 1.90 bits per heavy atom. The van der Waals surface area contributed by atoms with Crippen molar-refractivity contribution in [2.24, 2.45) is 0 Å². The number of carbonyl (C=O) groups is 1. The van der Waals surface area contributed by atoms with E-state index >= 15 is 0 Å². The van der Waals surface area contributed by atoms with E-state index in [1.165, 1.54) is 0 Å². The number of hydrogen-bond donors (Lipinski definition) is 0. The van der Waals surface area contributed by atoms with Crippen molar-refractivity contribution in [1.82, 2.24) is 14.7 Å². The van der Waals surface area contributed by atoms with Crippen LogP contribution >= 0.6 is 0 Å². The summed E-state index contributed by atoms with van der Waals surface area (Å²) >= 11 is 0. The van der Waals surface area contributed by atoms with Gasteiger partial charge in [-0.15, -0.1) is 0 Å². The highest BCUT2D eigenvalue weighted by molar-refractivity contribution is 5.76. The monoisotopic (exact) mass is 285 g/mol. The zero-order chi connectivity index (χ0) is 15.4. The fourth-order valence-electron chi connectivity index (χ4n) is 2.39. The van der Waals surface area contributed by atoms with Crippen LogP contribution in [0.15, 0.2) is 36.4 Å². The summed E-state index contributed by atoms with van der Waals surface area (Å²) in [4.78, 5) is 14.5. The van der Waals surface area contributed by atoms with E-state index < -0.39 is 0 Å². The summed E-state index contributed by atoms with van der Waals surface area (Å²) in [5.41, 5.74) is 3.11. The van der Waals surface area contributed by atoms with Crippen LogP contribution in [-0.2, 0) is 17.9 Å². The zero-order valence-corrected chi connectivity index (χ0v) is 13.2. The van der Waals surface area contributed by atoms with Crippen LogP contribution in [0.2, 0.25) is 0 Å². The van der Waals surface area contributed by atoms with E-state index in [4.69, 9.17) is 0 Å². The van der Waals surface area contributed by atoms with Crippen molar-refractivity contribution in [2.45, 2.75) is 46.8 Å². The first kappa shape index (κ1) is 15.3. The number of aromatic nitrogens is 2. The number of amides is 1. The van der Waals surface area contributed by atoms with Crippen LogP contribution in [0.4, 0.5) is 0 Å². The molecular formula is C17H23N3O. The molecule has 0 aliphatic rings. The largest absolute Gasteiger partial charge is 0.334 e. The molecule has 0 saturated heterocycles. The van der Waals surface area contributed by atoms with Gasteiger partial charge in [-0.3, -0.25) is 9.48 Å². The minimum Gasteiger partial charge on any atom is -0.334 e. The highest BCUT2D eigenvalue weighted by Crippen LogP contribution is 2.10. The Labute approximate surface area is 126 Å². The molecule has 0 unspecified atom stereocenters. The first-order valence-corrected chi connectivity index (χ1v) is 7.32. The Morgan fingerprint density at radius 1 is 1.24 bits per heavy atom. The number of carbonyl (C=O) groups excluding carboxylic acids is 1. The maximum Gasteiger partial charge on any atom is 0.244 e. The first-order chi connectivity index (χ1) is 9.97. The average molecular weight is 285 g/mol. The topological polar surface area (TPSA) is 38.1 Å². The lowest BCUT2D eigenvalue weighted by atomic mass is 10.2. The minimum absolute atomic E-state index is 0.0973. The van der Waals surface area contributed by atoms with Gasteiger partial charge in [0.2, 0.25) is 5.91 Å². The molecule has 0 aliphatic carbocycles. The van der Waals surface area contributed by atoms with Gasteiger partial charge in [-0.1, -0.05) is 30.3 Å². The number of rotatable bonds is 5. The van der Waals surface area contributed by atoms with Crippen LogP contribution in [0.3, 0.4) is 0 Å². The quantitative estimate of drug-likeness (QED) is 0.847. The Morgan fingerprint density at radius 3 is 2.43 bits per heavy atom. The molecule has 4 heteroatoms. The summed E-state index contributed by atoms with van der Waals surface area (Å²) in [5.74, 6) is 0.0973. The van der Waals surface area contributed by atoms with Gasteiger partial charge in [0.05, 0.1) is 5.69 Å². The van der Waals surface area contributed by atoms with Crippen LogP contribution in [-0.4, -0.2) is 26.6 Å². The van der Waals surface area contributed by atoms with Crippen LogP contribution in [0, 0.1) is 13.8 Å². The summed E-state index contributed by atoms with van der Waals surface area (Å²) in [6, 6.07) is 12.2. The number of benzene rings is 1. The molecule has 0 N–H and O–H groups in total. The van der Waals surface area contributed by atoms with E-state index in [1.54, 1.807) is 4.68 Å². The minimum atomic E-state index is 0.0973. The molecule has 2 rings (SSSR count). The highest BCUT2D eigenvalue weighted by atomic mass is 16.2. The normalized spacial score (nSPS) is 10.9. The lowest BCUT2D eigenvalue weighted by Gasteiger charge is -2.27. The standard InChI is InChI=1S/C17H23N3O/c1-13(2)19(11-16-8-6-5-7-9-16)17(21)12-20-15(4)10-14(3)18-20/h5-10,13H,11-12H2,1-4H3. The lowest BCUT2D eigenvalue weighted by molar-refractivity contribution is -0.134.